The molecule has 2 N–H and O–H groups in total. The molecule has 5 heteroatoms. The Morgan fingerprint density at radius 1 is 1.16 bits per heavy atom. The molecule has 0 atom stereocenters. The monoisotopic (exact) mass is 295 g/mol. The first-order valence-corrected chi connectivity index (χ1v) is 6.22. The Labute approximate surface area is 120 Å². The smallest absolute Gasteiger partial charge is 0.195 e. The van der Waals surface area contributed by atoms with Crippen molar-refractivity contribution in [3.05, 3.63) is 57.6 Å². The predicted octanol–water partition coefficient (Wildman–Crippen LogP) is 3.82. The van der Waals surface area contributed by atoms with E-state index in [2.05, 4.69) is 0 Å². The highest BCUT2D eigenvalue weighted by atomic mass is 35.5. The number of nitrogen functional groups attached to an aromatic ring is 1. The number of anilines is 1. The molecule has 0 heterocycles. The molecule has 0 saturated carbocycles. The van der Waals surface area contributed by atoms with Crippen molar-refractivity contribution in [1.82, 2.24) is 0 Å². The Hall–Kier alpha value is -1.71. The van der Waals surface area contributed by atoms with E-state index in [9.17, 15) is 4.79 Å². The van der Waals surface area contributed by atoms with Crippen molar-refractivity contribution in [3.63, 3.8) is 0 Å². The minimum absolute atomic E-state index is 0.205. The molecule has 98 valence electrons. The number of carbonyl (C=O) groups excluding carboxylic acids is 1. The van der Waals surface area contributed by atoms with E-state index >= 15 is 0 Å². The molecule has 0 unspecified atom stereocenters. The van der Waals surface area contributed by atoms with Crippen molar-refractivity contribution in [3.8, 4) is 5.75 Å². The summed E-state index contributed by atoms with van der Waals surface area (Å²) in [6.45, 7) is 0. The van der Waals surface area contributed by atoms with Gasteiger partial charge in [-0.3, -0.25) is 4.79 Å². The Kier molecular flexibility index (Phi) is 3.98. The van der Waals surface area contributed by atoms with Crippen LogP contribution in [-0.4, -0.2) is 12.9 Å². The topological polar surface area (TPSA) is 52.3 Å². The summed E-state index contributed by atoms with van der Waals surface area (Å²) in [4.78, 5) is 12.3. The van der Waals surface area contributed by atoms with E-state index in [0.717, 1.165) is 0 Å². The lowest BCUT2D eigenvalue weighted by molar-refractivity contribution is 0.103. The number of ether oxygens (including phenoxy) is 1. The summed E-state index contributed by atoms with van der Waals surface area (Å²) in [5.74, 6) is 0.240. The van der Waals surface area contributed by atoms with E-state index < -0.39 is 0 Å². The number of methoxy groups -OCH3 is 1. The van der Waals surface area contributed by atoms with Crippen LogP contribution in [0, 0.1) is 0 Å². The van der Waals surface area contributed by atoms with Crippen LogP contribution in [0.15, 0.2) is 36.4 Å². The van der Waals surface area contributed by atoms with E-state index in [4.69, 9.17) is 33.7 Å². The highest BCUT2D eigenvalue weighted by Gasteiger charge is 2.14. The van der Waals surface area contributed by atoms with Crippen LogP contribution in [0.25, 0.3) is 0 Å². The largest absolute Gasteiger partial charge is 0.495 e. The molecular weight excluding hydrogens is 285 g/mol. The number of nitrogens with two attached hydrogens (primary N) is 1. The van der Waals surface area contributed by atoms with Crippen LogP contribution in [0.4, 0.5) is 5.69 Å². The van der Waals surface area contributed by atoms with Gasteiger partial charge in [0.1, 0.15) is 5.75 Å². The lowest BCUT2D eigenvalue weighted by atomic mass is 10.0. The number of hydrogen-bond donors (Lipinski definition) is 1. The molecule has 19 heavy (non-hydrogen) atoms. The van der Waals surface area contributed by atoms with Crippen LogP contribution in [0.3, 0.4) is 0 Å². The van der Waals surface area contributed by atoms with E-state index in [1.165, 1.54) is 7.11 Å². The lowest BCUT2D eigenvalue weighted by Gasteiger charge is -2.08. The van der Waals surface area contributed by atoms with Crippen LogP contribution in [0.1, 0.15) is 15.9 Å². The second-order valence-electron chi connectivity index (χ2n) is 3.91. The zero-order valence-corrected chi connectivity index (χ0v) is 11.6. The number of rotatable bonds is 3. The highest BCUT2D eigenvalue weighted by Crippen LogP contribution is 2.27. The number of ketones is 1. The van der Waals surface area contributed by atoms with Gasteiger partial charge in [-0.2, -0.15) is 0 Å². The SMILES string of the molecule is COc1cc(C(=O)c2ccc(Cl)cc2N)ccc1Cl. The molecule has 0 aliphatic carbocycles. The average Bonchev–Trinajstić information content (AvgIpc) is 2.38. The van der Waals surface area contributed by atoms with Gasteiger partial charge in [-0.05, 0) is 36.4 Å². The first kappa shape index (κ1) is 13.7. The number of hydrogen-bond acceptors (Lipinski definition) is 3. The molecule has 0 amide bonds. The van der Waals surface area contributed by atoms with Gasteiger partial charge in [-0.25, -0.2) is 0 Å². The highest BCUT2D eigenvalue weighted by molar-refractivity contribution is 6.32. The molecule has 2 aromatic carbocycles. The van der Waals surface area contributed by atoms with E-state index in [-0.39, 0.29) is 5.78 Å². The van der Waals surface area contributed by atoms with E-state index in [1.807, 2.05) is 0 Å². The maximum absolute atomic E-state index is 12.3. The molecule has 2 aromatic rings. The Balaban J connectivity index is 2.44. The normalized spacial score (nSPS) is 10.3. The van der Waals surface area contributed by atoms with Gasteiger partial charge in [0.2, 0.25) is 0 Å². The van der Waals surface area contributed by atoms with Crippen LogP contribution in [0.5, 0.6) is 5.75 Å². The molecule has 2 rings (SSSR count). The number of benzene rings is 2. The van der Waals surface area contributed by atoms with Crippen molar-refractivity contribution >= 4 is 34.7 Å². The van der Waals surface area contributed by atoms with Gasteiger partial charge < -0.3 is 10.5 Å². The van der Waals surface area contributed by atoms with Crippen LogP contribution in [-0.2, 0) is 0 Å². The third kappa shape index (κ3) is 2.83. The fourth-order valence-corrected chi connectivity index (χ4v) is 2.07. The van der Waals surface area contributed by atoms with Crippen molar-refractivity contribution in [2.24, 2.45) is 0 Å². The minimum atomic E-state index is -0.205. The third-order valence-electron chi connectivity index (χ3n) is 2.67. The summed E-state index contributed by atoms with van der Waals surface area (Å²) < 4.78 is 5.08. The second kappa shape index (κ2) is 5.51. The predicted molar refractivity (Wildman–Crippen MR) is 77.3 cm³/mol. The summed E-state index contributed by atoms with van der Waals surface area (Å²) in [6, 6.07) is 9.58. The molecule has 0 fully saturated rings. The quantitative estimate of drug-likeness (QED) is 0.692. The molecule has 0 aliphatic rings. The molecule has 0 aliphatic heterocycles. The number of halogens is 2. The van der Waals surface area contributed by atoms with Gasteiger partial charge in [0.15, 0.2) is 5.78 Å². The van der Waals surface area contributed by atoms with Crippen LogP contribution >= 0.6 is 23.2 Å². The fourth-order valence-electron chi connectivity index (χ4n) is 1.70. The Morgan fingerprint density at radius 2 is 1.89 bits per heavy atom. The Morgan fingerprint density at radius 3 is 2.53 bits per heavy atom. The summed E-state index contributed by atoms with van der Waals surface area (Å²) >= 11 is 11.7. The standard InChI is InChI=1S/C14H11Cl2NO2/c1-19-13-6-8(2-5-11(13)16)14(18)10-4-3-9(15)7-12(10)17/h2-7H,17H2,1H3. The summed E-state index contributed by atoms with van der Waals surface area (Å²) in [6.07, 6.45) is 0. The maximum Gasteiger partial charge on any atom is 0.195 e. The van der Waals surface area contributed by atoms with Gasteiger partial charge in [0.05, 0.1) is 12.1 Å². The zero-order valence-electron chi connectivity index (χ0n) is 10.1. The fraction of sp³-hybridized carbons (Fsp3) is 0.0714. The molecule has 0 spiro atoms. The molecule has 3 nitrogen and oxygen atoms in total. The molecular formula is C14H11Cl2NO2. The van der Waals surface area contributed by atoms with Gasteiger partial charge in [-0.15, -0.1) is 0 Å². The molecule has 0 saturated heterocycles. The van der Waals surface area contributed by atoms with Crippen molar-refractivity contribution in [1.29, 1.82) is 0 Å². The number of carbonyl (C=O) groups is 1. The summed E-state index contributed by atoms with van der Waals surface area (Å²) in [5, 5.41) is 0.936. The minimum Gasteiger partial charge on any atom is -0.495 e. The maximum atomic E-state index is 12.3. The first-order valence-electron chi connectivity index (χ1n) is 5.46. The van der Waals surface area contributed by atoms with Gasteiger partial charge >= 0.3 is 0 Å². The summed E-state index contributed by atoms with van der Waals surface area (Å²) in [5.41, 5.74) is 6.99. The van der Waals surface area contributed by atoms with Crippen LogP contribution < -0.4 is 10.5 Å². The van der Waals surface area contributed by atoms with Gasteiger partial charge in [0.25, 0.3) is 0 Å². The average molecular weight is 296 g/mol. The van der Waals surface area contributed by atoms with Gasteiger partial charge in [-0.1, -0.05) is 23.2 Å². The lowest BCUT2D eigenvalue weighted by Crippen LogP contribution is -2.05. The van der Waals surface area contributed by atoms with E-state index in [1.54, 1.807) is 36.4 Å². The van der Waals surface area contributed by atoms with Crippen LogP contribution in [0.2, 0.25) is 10.0 Å². The van der Waals surface area contributed by atoms with Gasteiger partial charge in [0, 0.05) is 21.8 Å². The zero-order chi connectivity index (χ0) is 14.0. The molecule has 0 aromatic heterocycles. The van der Waals surface area contributed by atoms with E-state index in [0.29, 0.717) is 32.6 Å². The van der Waals surface area contributed by atoms with Crippen molar-refractivity contribution < 1.29 is 9.53 Å². The molecule has 0 bridgehead atoms. The molecule has 0 radical (unpaired) electrons. The van der Waals surface area contributed by atoms with Crippen molar-refractivity contribution in [2.45, 2.75) is 0 Å². The first-order chi connectivity index (χ1) is 9.02. The second-order valence-corrected chi connectivity index (χ2v) is 4.75. The Bertz CT molecular complexity index is 641. The van der Waals surface area contributed by atoms with Crippen molar-refractivity contribution in [2.75, 3.05) is 12.8 Å². The third-order valence-corrected chi connectivity index (χ3v) is 3.22. The summed E-state index contributed by atoms with van der Waals surface area (Å²) in [7, 11) is 1.49.